The molecule has 0 aromatic heterocycles. The molecule has 10 nitrogen and oxygen atoms in total. The summed E-state index contributed by atoms with van der Waals surface area (Å²) in [5, 5.41) is 25.8. The van der Waals surface area contributed by atoms with Crippen LogP contribution in [-0.4, -0.2) is 22.0 Å². The highest BCUT2D eigenvalue weighted by Crippen LogP contribution is 2.29. The van der Waals surface area contributed by atoms with Crippen molar-refractivity contribution in [3.05, 3.63) is 105 Å². The lowest BCUT2D eigenvalue weighted by molar-refractivity contribution is -0.385. The van der Waals surface area contributed by atoms with E-state index in [1.165, 1.54) is 30.5 Å². The van der Waals surface area contributed by atoms with Gasteiger partial charge in [0.15, 0.2) is 0 Å². The van der Waals surface area contributed by atoms with E-state index >= 15 is 0 Å². The maximum atomic E-state index is 12.1. The van der Waals surface area contributed by atoms with Crippen molar-refractivity contribution >= 4 is 68.7 Å². The van der Waals surface area contributed by atoms with Crippen molar-refractivity contribution in [2.45, 2.75) is 13.0 Å². The highest BCUT2D eigenvalue weighted by molar-refractivity contribution is 14.1. The smallest absolute Gasteiger partial charge is 0.273 e. The van der Waals surface area contributed by atoms with Crippen LogP contribution in [0.25, 0.3) is 0 Å². The first-order valence-corrected chi connectivity index (χ1v) is 11.8. The first kappa shape index (κ1) is 25.5. The standard InChI is InChI=1S/C22H16I2N4O6/c23-18-9-15(12-25-26-21(29)11-16-3-1-2-4-20(16)28(32)33)10-19(24)22(18)34-13-14-5-7-17(8-6-14)27(30)31/h1-10,12H,11,13H2,(H,26,29)/b25-12+. The van der Waals surface area contributed by atoms with E-state index < -0.39 is 15.8 Å². The van der Waals surface area contributed by atoms with Crippen LogP contribution in [-0.2, 0) is 17.8 Å². The van der Waals surface area contributed by atoms with Gasteiger partial charge in [-0.1, -0.05) is 18.2 Å². The number of hydrogen-bond acceptors (Lipinski definition) is 7. The molecule has 1 N–H and O–H groups in total. The number of ether oxygens (including phenoxy) is 1. The second kappa shape index (κ2) is 11.8. The molecule has 34 heavy (non-hydrogen) atoms. The van der Waals surface area contributed by atoms with Crippen LogP contribution in [0.15, 0.2) is 65.8 Å². The summed E-state index contributed by atoms with van der Waals surface area (Å²) < 4.78 is 7.53. The van der Waals surface area contributed by atoms with Crippen molar-refractivity contribution in [3.63, 3.8) is 0 Å². The largest absolute Gasteiger partial charge is 0.487 e. The Morgan fingerprint density at radius 1 is 1.00 bits per heavy atom. The van der Waals surface area contributed by atoms with E-state index in [0.717, 1.165) is 18.3 Å². The van der Waals surface area contributed by atoms with E-state index in [9.17, 15) is 25.0 Å². The minimum absolute atomic E-state index is 0.0191. The zero-order chi connectivity index (χ0) is 24.7. The Balaban J connectivity index is 1.60. The first-order chi connectivity index (χ1) is 16.2. The number of non-ortho nitro benzene ring substituents is 1. The number of benzene rings is 3. The average Bonchev–Trinajstić information content (AvgIpc) is 2.79. The molecular weight excluding hydrogens is 670 g/mol. The molecule has 0 heterocycles. The predicted molar refractivity (Wildman–Crippen MR) is 142 cm³/mol. The van der Waals surface area contributed by atoms with Crippen LogP contribution >= 0.6 is 45.2 Å². The molecule has 12 heteroatoms. The third kappa shape index (κ3) is 6.93. The van der Waals surface area contributed by atoms with E-state index in [4.69, 9.17) is 4.74 Å². The summed E-state index contributed by atoms with van der Waals surface area (Å²) in [4.78, 5) is 33.0. The van der Waals surface area contributed by atoms with Gasteiger partial charge in [0.1, 0.15) is 12.4 Å². The maximum Gasteiger partial charge on any atom is 0.273 e. The number of halogens is 2. The molecule has 0 atom stereocenters. The molecule has 0 fully saturated rings. The van der Waals surface area contributed by atoms with Crippen molar-refractivity contribution in [1.82, 2.24) is 5.43 Å². The van der Waals surface area contributed by atoms with Gasteiger partial charge in [-0.25, -0.2) is 5.43 Å². The fraction of sp³-hybridized carbons (Fsp3) is 0.0909. The second-order valence-corrected chi connectivity index (χ2v) is 9.21. The summed E-state index contributed by atoms with van der Waals surface area (Å²) in [5.74, 6) is 0.190. The Morgan fingerprint density at radius 2 is 1.65 bits per heavy atom. The third-order valence-electron chi connectivity index (χ3n) is 4.49. The molecule has 3 rings (SSSR count). The Kier molecular flexibility index (Phi) is 8.86. The van der Waals surface area contributed by atoms with E-state index in [2.05, 4.69) is 55.7 Å². The fourth-order valence-corrected chi connectivity index (χ4v) is 5.02. The summed E-state index contributed by atoms with van der Waals surface area (Å²) in [6.45, 7) is 0.249. The monoisotopic (exact) mass is 686 g/mol. The van der Waals surface area contributed by atoms with Crippen LogP contribution in [0.5, 0.6) is 5.75 Å². The van der Waals surface area contributed by atoms with Crippen molar-refractivity contribution in [2.24, 2.45) is 5.10 Å². The number of para-hydroxylation sites is 1. The molecule has 0 saturated heterocycles. The number of nitrogens with zero attached hydrogens (tertiary/aromatic N) is 3. The van der Waals surface area contributed by atoms with Crippen LogP contribution in [0.2, 0.25) is 0 Å². The molecule has 0 aliphatic carbocycles. The van der Waals surface area contributed by atoms with Gasteiger partial charge in [-0.05, 0) is 80.6 Å². The van der Waals surface area contributed by atoms with Gasteiger partial charge in [-0.3, -0.25) is 25.0 Å². The molecule has 0 bridgehead atoms. The zero-order valence-electron chi connectivity index (χ0n) is 17.3. The van der Waals surface area contributed by atoms with Crippen molar-refractivity contribution < 1.29 is 19.4 Å². The molecule has 0 spiro atoms. The topological polar surface area (TPSA) is 137 Å². The lowest BCUT2D eigenvalue weighted by Crippen LogP contribution is -2.20. The van der Waals surface area contributed by atoms with Gasteiger partial charge >= 0.3 is 0 Å². The zero-order valence-corrected chi connectivity index (χ0v) is 21.6. The molecule has 3 aromatic carbocycles. The summed E-state index contributed by atoms with van der Waals surface area (Å²) in [6, 6.07) is 15.8. The normalized spacial score (nSPS) is 10.8. The lowest BCUT2D eigenvalue weighted by atomic mass is 10.1. The van der Waals surface area contributed by atoms with Gasteiger partial charge in [0, 0.05) is 23.8 Å². The number of carbonyl (C=O) groups is 1. The van der Waals surface area contributed by atoms with E-state index in [1.807, 2.05) is 12.1 Å². The number of nitro benzene ring substituents is 2. The van der Waals surface area contributed by atoms with Crippen molar-refractivity contribution in [1.29, 1.82) is 0 Å². The molecule has 0 aliphatic heterocycles. The van der Waals surface area contributed by atoms with Crippen LogP contribution in [0.4, 0.5) is 11.4 Å². The molecule has 174 valence electrons. The Morgan fingerprint density at radius 3 is 2.26 bits per heavy atom. The lowest BCUT2D eigenvalue weighted by Gasteiger charge is -2.11. The van der Waals surface area contributed by atoms with Gasteiger partial charge in [0.25, 0.3) is 11.4 Å². The third-order valence-corrected chi connectivity index (χ3v) is 6.10. The van der Waals surface area contributed by atoms with Crippen LogP contribution < -0.4 is 10.2 Å². The Labute approximate surface area is 221 Å². The number of hydrazone groups is 1. The number of hydrogen-bond donors (Lipinski definition) is 1. The molecule has 1 amide bonds. The number of amides is 1. The SMILES string of the molecule is O=C(Cc1ccccc1[N+](=O)[O-])N/N=C/c1cc(I)c(OCc2ccc([N+](=O)[O-])cc2)c(I)c1. The van der Waals surface area contributed by atoms with E-state index in [1.54, 1.807) is 24.3 Å². The van der Waals surface area contributed by atoms with Gasteiger partial charge in [0.05, 0.1) is 29.6 Å². The quantitative estimate of drug-likeness (QED) is 0.146. The fourth-order valence-electron chi connectivity index (χ4n) is 2.89. The number of carbonyl (C=O) groups excluding carboxylic acids is 1. The van der Waals surface area contributed by atoms with E-state index in [-0.39, 0.29) is 24.4 Å². The van der Waals surface area contributed by atoms with Gasteiger partial charge in [-0.2, -0.15) is 5.10 Å². The van der Waals surface area contributed by atoms with Gasteiger partial charge in [-0.15, -0.1) is 0 Å². The van der Waals surface area contributed by atoms with Gasteiger partial charge < -0.3 is 4.74 Å². The highest BCUT2D eigenvalue weighted by Gasteiger charge is 2.15. The van der Waals surface area contributed by atoms with Crippen LogP contribution in [0, 0.1) is 27.4 Å². The molecule has 0 radical (unpaired) electrons. The van der Waals surface area contributed by atoms with Crippen LogP contribution in [0.1, 0.15) is 16.7 Å². The van der Waals surface area contributed by atoms with E-state index in [0.29, 0.717) is 11.3 Å². The van der Waals surface area contributed by atoms with Crippen molar-refractivity contribution in [3.8, 4) is 5.75 Å². The molecule has 0 saturated carbocycles. The predicted octanol–water partition coefficient (Wildman–Crippen LogP) is 4.98. The van der Waals surface area contributed by atoms with Gasteiger partial charge in [0.2, 0.25) is 5.91 Å². The molecule has 3 aromatic rings. The molecular formula is C22H16I2N4O6. The Bertz CT molecular complexity index is 1240. The minimum Gasteiger partial charge on any atom is -0.487 e. The van der Waals surface area contributed by atoms with Crippen molar-refractivity contribution in [2.75, 3.05) is 0 Å². The summed E-state index contributed by atoms with van der Waals surface area (Å²) >= 11 is 4.25. The average molecular weight is 686 g/mol. The number of nitrogens with one attached hydrogen (secondary N) is 1. The number of rotatable bonds is 9. The summed E-state index contributed by atoms with van der Waals surface area (Å²) in [6.07, 6.45) is 1.31. The van der Waals surface area contributed by atoms with Crippen LogP contribution in [0.3, 0.4) is 0 Å². The molecule has 0 unspecified atom stereocenters. The molecule has 0 aliphatic rings. The summed E-state index contributed by atoms with van der Waals surface area (Å²) in [5.41, 5.74) is 4.11. The minimum atomic E-state index is -0.527. The maximum absolute atomic E-state index is 12.1. The first-order valence-electron chi connectivity index (χ1n) is 9.64. The second-order valence-electron chi connectivity index (χ2n) is 6.88. The number of nitro groups is 2. The summed E-state index contributed by atoms with van der Waals surface area (Å²) in [7, 11) is 0. The highest BCUT2D eigenvalue weighted by atomic mass is 127. The Hall–Kier alpha value is -3.14.